The summed E-state index contributed by atoms with van der Waals surface area (Å²) < 4.78 is 29.0. The van der Waals surface area contributed by atoms with Crippen LogP contribution in [-0.2, 0) is 29.5 Å². The van der Waals surface area contributed by atoms with E-state index in [4.69, 9.17) is 0 Å². The monoisotopic (exact) mass is 500 g/mol. The number of hydrogen-bond acceptors (Lipinski definition) is 4. The Morgan fingerprint density at radius 3 is 2.42 bits per heavy atom. The van der Waals surface area contributed by atoms with E-state index in [2.05, 4.69) is 57.3 Å². The fraction of sp³-hybridized carbons (Fsp3) is 0.276. The molecule has 1 aliphatic rings. The average molecular weight is 501 g/mol. The molecule has 5 rings (SSSR count). The first kappa shape index (κ1) is 24.3. The maximum Gasteiger partial charge on any atom is 0.214 e. The normalized spacial score (nSPS) is 16.5. The number of aromatic nitrogens is 2. The van der Waals surface area contributed by atoms with Crippen LogP contribution >= 0.6 is 0 Å². The molecule has 2 heterocycles. The van der Waals surface area contributed by atoms with Crippen molar-refractivity contribution in [3.63, 3.8) is 0 Å². The summed E-state index contributed by atoms with van der Waals surface area (Å²) in [6.45, 7) is 3.47. The Morgan fingerprint density at radius 1 is 0.972 bits per heavy atom. The number of sulfonamides is 1. The molecule has 1 aromatic heterocycles. The van der Waals surface area contributed by atoms with Crippen LogP contribution < -0.4 is 4.90 Å². The SMILES string of the molecule is CCCS(=O)(=O)N1Cc2cc(-c3ccccc3)ccc2N(Cc2c[nH]cn2)CC1Cc1ccccc1. The minimum absolute atomic E-state index is 0.144. The number of rotatable bonds is 8. The second kappa shape index (κ2) is 10.7. The van der Waals surface area contributed by atoms with Crippen LogP contribution in [0.2, 0.25) is 0 Å². The van der Waals surface area contributed by atoms with Gasteiger partial charge in [0.25, 0.3) is 0 Å². The standard InChI is InChI=1S/C29H32N4O2S/c1-2-15-36(34,35)33-19-26-17-25(24-11-7-4-8-12-24)13-14-29(26)32(20-27-18-30-22-31-27)21-28(33)16-23-9-5-3-6-10-23/h3-14,17-18,22,28H,2,15-16,19-21H2,1H3,(H,30,31). The number of nitrogens with one attached hydrogen (secondary N) is 1. The van der Waals surface area contributed by atoms with Crippen molar-refractivity contribution >= 4 is 15.7 Å². The molecule has 186 valence electrons. The molecule has 0 radical (unpaired) electrons. The van der Waals surface area contributed by atoms with Crippen molar-refractivity contribution in [1.29, 1.82) is 0 Å². The maximum absolute atomic E-state index is 13.6. The van der Waals surface area contributed by atoms with Crippen molar-refractivity contribution in [3.05, 3.63) is 108 Å². The lowest BCUT2D eigenvalue weighted by Crippen LogP contribution is -2.46. The molecular weight excluding hydrogens is 468 g/mol. The number of nitrogens with zero attached hydrogens (tertiary/aromatic N) is 3. The summed E-state index contributed by atoms with van der Waals surface area (Å²) >= 11 is 0. The number of aromatic amines is 1. The van der Waals surface area contributed by atoms with Gasteiger partial charge in [-0.3, -0.25) is 0 Å². The van der Waals surface area contributed by atoms with Gasteiger partial charge in [-0.1, -0.05) is 73.7 Å². The zero-order valence-electron chi connectivity index (χ0n) is 20.5. The van der Waals surface area contributed by atoms with E-state index in [1.807, 2.05) is 49.5 Å². The minimum Gasteiger partial charge on any atom is -0.364 e. The molecule has 0 bridgehead atoms. The van der Waals surface area contributed by atoms with Crippen molar-refractivity contribution in [2.24, 2.45) is 0 Å². The minimum atomic E-state index is -3.45. The second-order valence-corrected chi connectivity index (χ2v) is 11.4. The molecule has 4 aromatic rings. The number of hydrogen-bond donors (Lipinski definition) is 1. The van der Waals surface area contributed by atoms with Crippen molar-refractivity contribution in [1.82, 2.24) is 14.3 Å². The van der Waals surface area contributed by atoms with Crippen molar-refractivity contribution in [2.75, 3.05) is 17.2 Å². The fourth-order valence-corrected chi connectivity index (χ4v) is 6.73. The van der Waals surface area contributed by atoms with E-state index in [1.54, 1.807) is 10.6 Å². The van der Waals surface area contributed by atoms with Crippen molar-refractivity contribution in [2.45, 2.75) is 38.9 Å². The van der Waals surface area contributed by atoms with E-state index < -0.39 is 10.0 Å². The van der Waals surface area contributed by atoms with Crippen LogP contribution in [-0.4, -0.2) is 41.0 Å². The van der Waals surface area contributed by atoms with Gasteiger partial charge in [0.15, 0.2) is 0 Å². The largest absolute Gasteiger partial charge is 0.364 e. The average Bonchev–Trinajstić information content (AvgIpc) is 3.35. The Morgan fingerprint density at radius 2 is 1.72 bits per heavy atom. The van der Waals surface area contributed by atoms with Gasteiger partial charge >= 0.3 is 0 Å². The predicted molar refractivity (Wildman–Crippen MR) is 145 cm³/mol. The van der Waals surface area contributed by atoms with E-state index in [1.165, 1.54) is 0 Å². The second-order valence-electron chi connectivity index (χ2n) is 9.36. The van der Waals surface area contributed by atoms with Gasteiger partial charge in [-0.15, -0.1) is 0 Å². The van der Waals surface area contributed by atoms with Crippen LogP contribution in [0, 0.1) is 0 Å². The lowest BCUT2D eigenvalue weighted by atomic mass is 10.0. The molecule has 36 heavy (non-hydrogen) atoms. The highest BCUT2D eigenvalue weighted by Crippen LogP contribution is 2.34. The third kappa shape index (κ3) is 5.37. The fourth-order valence-electron chi connectivity index (χ4n) is 5.05. The Bertz CT molecular complexity index is 1370. The summed E-state index contributed by atoms with van der Waals surface area (Å²) in [6, 6.07) is 26.6. The van der Waals surface area contributed by atoms with Gasteiger partial charge in [-0.25, -0.2) is 13.4 Å². The van der Waals surface area contributed by atoms with Gasteiger partial charge in [0, 0.05) is 31.0 Å². The van der Waals surface area contributed by atoms with Crippen molar-refractivity contribution < 1.29 is 8.42 Å². The molecule has 3 aromatic carbocycles. The van der Waals surface area contributed by atoms with E-state index in [-0.39, 0.29) is 11.8 Å². The highest BCUT2D eigenvalue weighted by Gasteiger charge is 2.35. The molecule has 7 heteroatoms. The zero-order valence-corrected chi connectivity index (χ0v) is 21.4. The Hall–Kier alpha value is -3.42. The summed E-state index contributed by atoms with van der Waals surface area (Å²) in [5.41, 5.74) is 6.34. The van der Waals surface area contributed by atoms with Crippen LogP contribution in [0.4, 0.5) is 5.69 Å². The molecule has 0 saturated heterocycles. The van der Waals surface area contributed by atoms with Gasteiger partial charge in [0.05, 0.1) is 24.3 Å². The third-order valence-electron chi connectivity index (χ3n) is 6.73. The highest BCUT2D eigenvalue weighted by molar-refractivity contribution is 7.89. The molecular formula is C29H32N4O2S. The van der Waals surface area contributed by atoms with Gasteiger partial charge in [0.2, 0.25) is 10.0 Å². The van der Waals surface area contributed by atoms with Crippen molar-refractivity contribution in [3.8, 4) is 11.1 Å². The van der Waals surface area contributed by atoms with Gasteiger partial charge in [0.1, 0.15) is 0 Å². The zero-order chi connectivity index (χ0) is 25.0. The molecule has 1 N–H and O–H groups in total. The lowest BCUT2D eigenvalue weighted by Gasteiger charge is -2.32. The molecule has 0 saturated carbocycles. The summed E-state index contributed by atoms with van der Waals surface area (Å²) in [5, 5.41) is 0. The number of benzene rings is 3. The molecule has 0 aliphatic carbocycles. The lowest BCUT2D eigenvalue weighted by molar-refractivity contribution is 0.318. The summed E-state index contributed by atoms with van der Waals surface area (Å²) in [5.74, 6) is 0.144. The predicted octanol–water partition coefficient (Wildman–Crippen LogP) is 5.25. The summed E-state index contributed by atoms with van der Waals surface area (Å²) in [7, 11) is -3.45. The summed E-state index contributed by atoms with van der Waals surface area (Å²) in [6.07, 6.45) is 4.83. The summed E-state index contributed by atoms with van der Waals surface area (Å²) in [4.78, 5) is 9.79. The Balaban J connectivity index is 1.60. The Kier molecular flexibility index (Phi) is 7.20. The van der Waals surface area contributed by atoms with E-state index in [9.17, 15) is 8.42 Å². The Labute approximate surface area is 213 Å². The number of anilines is 1. The first-order valence-corrected chi connectivity index (χ1v) is 14.1. The van der Waals surface area contributed by atoms with Crippen LogP contribution in [0.3, 0.4) is 0 Å². The topological polar surface area (TPSA) is 69.3 Å². The van der Waals surface area contributed by atoms with Crippen LogP contribution in [0.5, 0.6) is 0 Å². The van der Waals surface area contributed by atoms with Crippen LogP contribution in [0.1, 0.15) is 30.2 Å². The molecule has 6 nitrogen and oxygen atoms in total. The molecule has 0 fully saturated rings. The van der Waals surface area contributed by atoms with Crippen LogP contribution in [0.15, 0.2) is 91.4 Å². The molecule has 1 unspecified atom stereocenters. The molecule has 0 amide bonds. The maximum atomic E-state index is 13.6. The van der Waals surface area contributed by atoms with E-state index in [0.29, 0.717) is 32.5 Å². The van der Waals surface area contributed by atoms with E-state index in [0.717, 1.165) is 33.6 Å². The first-order valence-electron chi connectivity index (χ1n) is 12.5. The van der Waals surface area contributed by atoms with Gasteiger partial charge < -0.3 is 9.88 Å². The molecule has 0 spiro atoms. The highest BCUT2D eigenvalue weighted by atomic mass is 32.2. The molecule has 1 aliphatic heterocycles. The number of imidazole rings is 1. The quantitative estimate of drug-likeness (QED) is 0.359. The van der Waals surface area contributed by atoms with Gasteiger partial charge in [-0.05, 0) is 47.2 Å². The number of H-pyrrole nitrogens is 1. The smallest absolute Gasteiger partial charge is 0.214 e. The molecule has 1 atom stereocenters. The van der Waals surface area contributed by atoms with E-state index >= 15 is 0 Å². The third-order valence-corrected chi connectivity index (χ3v) is 8.80. The van der Waals surface area contributed by atoms with Crippen LogP contribution in [0.25, 0.3) is 11.1 Å². The number of fused-ring (bicyclic) bond motifs is 1. The van der Waals surface area contributed by atoms with Gasteiger partial charge in [-0.2, -0.15) is 4.31 Å². The first-order chi connectivity index (χ1) is 17.5.